The summed E-state index contributed by atoms with van der Waals surface area (Å²) in [6.07, 6.45) is 1.21. The second-order valence-electron chi connectivity index (χ2n) is 2.76. The first kappa shape index (κ1) is 12.4. The molecule has 0 unspecified atom stereocenters. The molecular weight excluding hydrogens is 234 g/mol. The maximum Gasteiger partial charge on any atom is 0.379 e. The van der Waals surface area contributed by atoms with E-state index < -0.39 is 11.8 Å². The van der Waals surface area contributed by atoms with Gasteiger partial charge < -0.3 is 9.47 Å². The SMILES string of the molecule is CCOC(=O)C(=O)c1cnc(OC)c(Cl)c1. The van der Waals surface area contributed by atoms with Crippen molar-refractivity contribution in [1.29, 1.82) is 0 Å². The minimum absolute atomic E-state index is 0.0734. The van der Waals surface area contributed by atoms with Crippen LogP contribution in [0.2, 0.25) is 5.02 Å². The number of aromatic nitrogens is 1. The maximum atomic E-state index is 11.5. The Balaban J connectivity index is 2.93. The first-order valence-corrected chi connectivity index (χ1v) is 4.89. The van der Waals surface area contributed by atoms with Crippen LogP contribution >= 0.6 is 11.6 Å². The Morgan fingerprint density at radius 2 is 2.19 bits per heavy atom. The molecule has 0 fully saturated rings. The van der Waals surface area contributed by atoms with Crippen LogP contribution in [0.1, 0.15) is 17.3 Å². The van der Waals surface area contributed by atoms with E-state index in [0.29, 0.717) is 0 Å². The second-order valence-corrected chi connectivity index (χ2v) is 3.17. The molecule has 0 saturated heterocycles. The van der Waals surface area contributed by atoms with Crippen LogP contribution < -0.4 is 4.74 Å². The van der Waals surface area contributed by atoms with Crippen LogP contribution in [0, 0.1) is 0 Å². The molecule has 86 valence electrons. The molecule has 0 aliphatic rings. The zero-order valence-corrected chi connectivity index (χ0v) is 9.58. The molecule has 0 N–H and O–H groups in total. The van der Waals surface area contributed by atoms with Crippen LogP contribution in [0.25, 0.3) is 0 Å². The number of carbonyl (C=O) groups excluding carboxylic acids is 2. The highest BCUT2D eigenvalue weighted by Crippen LogP contribution is 2.22. The molecule has 5 nitrogen and oxygen atoms in total. The van der Waals surface area contributed by atoms with Gasteiger partial charge in [-0.05, 0) is 13.0 Å². The summed E-state index contributed by atoms with van der Waals surface area (Å²) in [7, 11) is 1.40. The molecule has 1 aromatic heterocycles. The lowest BCUT2D eigenvalue weighted by atomic mass is 10.2. The highest BCUT2D eigenvalue weighted by Gasteiger charge is 2.19. The van der Waals surface area contributed by atoms with E-state index >= 15 is 0 Å². The van der Waals surface area contributed by atoms with Gasteiger partial charge in [0.1, 0.15) is 5.02 Å². The molecule has 0 aliphatic carbocycles. The number of methoxy groups -OCH3 is 1. The molecule has 0 atom stereocenters. The summed E-state index contributed by atoms with van der Waals surface area (Å²) in [6, 6.07) is 1.31. The van der Waals surface area contributed by atoms with Gasteiger partial charge in [-0.2, -0.15) is 0 Å². The summed E-state index contributed by atoms with van der Waals surface area (Å²) >= 11 is 5.76. The molecule has 16 heavy (non-hydrogen) atoms. The summed E-state index contributed by atoms with van der Waals surface area (Å²) in [5, 5.41) is 0.164. The average molecular weight is 244 g/mol. The van der Waals surface area contributed by atoms with Crippen molar-refractivity contribution in [1.82, 2.24) is 4.98 Å². The minimum Gasteiger partial charge on any atom is -0.480 e. The number of pyridine rings is 1. The zero-order chi connectivity index (χ0) is 12.1. The fraction of sp³-hybridized carbons (Fsp3) is 0.300. The van der Waals surface area contributed by atoms with Crippen LogP contribution in [0.5, 0.6) is 5.88 Å². The molecular formula is C10H10ClNO4. The van der Waals surface area contributed by atoms with Crippen molar-refractivity contribution in [2.75, 3.05) is 13.7 Å². The van der Waals surface area contributed by atoms with E-state index in [4.69, 9.17) is 16.3 Å². The van der Waals surface area contributed by atoms with Crippen molar-refractivity contribution < 1.29 is 19.1 Å². The van der Waals surface area contributed by atoms with Crippen LogP contribution in [0.4, 0.5) is 0 Å². The van der Waals surface area contributed by atoms with Crippen LogP contribution in [0.15, 0.2) is 12.3 Å². The van der Waals surface area contributed by atoms with Gasteiger partial charge in [0, 0.05) is 11.8 Å². The molecule has 1 aromatic rings. The van der Waals surface area contributed by atoms with Crippen LogP contribution in [-0.2, 0) is 9.53 Å². The smallest absolute Gasteiger partial charge is 0.379 e. The van der Waals surface area contributed by atoms with E-state index in [1.807, 2.05) is 0 Å². The number of hydrogen-bond acceptors (Lipinski definition) is 5. The Hall–Kier alpha value is -1.62. The third kappa shape index (κ3) is 2.70. The monoisotopic (exact) mass is 243 g/mol. The molecule has 6 heteroatoms. The van der Waals surface area contributed by atoms with E-state index in [1.165, 1.54) is 19.4 Å². The van der Waals surface area contributed by atoms with Gasteiger partial charge in [-0.3, -0.25) is 4.79 Å². The molecule has 0 amide bonds. The largest absolute Gasteiger partial charge is 0.480 e. The highest BCUT2D eigenvalue weighted by atomic mass is 35.5. The van der Waals surface area contributed by atoms with Crippen molar-refractivity contribution in [3.8, 4) is 5.88 Å². The Labute approximate surface area is 97.3 Å². The van der Waals surface area contributed by atoms with Gasteiger partial charge in [-0.25, -0.2) is 9.78 Å². The minimum atomic E-state index is -0.925. The van der Waals surface area contributed by atoms with Crippen LogP contribution in [-0.4, -0.2) is 30.5 Å². The lowest BCUT2D eigenvalue weighted by Gasteiger charge is -2.04. The number of rotatable bonds is 4. The second kappa shape index (κ2) is 5.46. The summed E-state index contributed by atoms with van der Waals surface area (Å²) in [5.74, 6) is -1.51. The Morgan fingerprint density at radius 3 is 2.69 bits per heavy atom. The quantitative estimate of drug-likeness (QED) is 0.455. The summed E-state index contributed by atoms with van der Waals surface area (Å²) < 4.78 is 9.38. The van der Waals surface area contributed by atoms with Crippen molar-refractivity contribution in [2.24, 2.45) is 0 Å². The summed E-state index contributed by atoms with van der Waals surface area (Å²) in [4.78, 5) is 26.4. The number of carbonyl (C=O) groups is 2. The van der Waals surface area contributed by atoms with Gasteiger partial charge in [-0.1, -0.05) is 11.6 Å². The van der Waals surface area contributed by atoms with E-state index in [1.54, 1.807) is 6.92 Å². The fourth-order valence-electron chi connectivity index (χ4n) is 1.01. The highest BCUT2D eigenvalue weighted by molar-refractivity contribution is 6.41. The van der Waals surface area contributed by atoms with Gasteiger partial charge in [0.2, 0.25) is 5.88 Å². The standard InChI is InChI=1S/C10H10ClNO4/c1-3-16-10(14)8(13)6-4-7(11)9(15-2)12-5-6/h4-5H,3H2,1-2H3. The Kier molecular flexibility index (Phi) is 4.25. The van der Waals surface area contributed by atoms with Gasteiger partial charge in [0.05, 0.1) is 13.7 Å². The molecule has 0 radical (unpaired) electrons. The first-order chi connectivity index (χ1) is 7.60. The molecule has 0 bridgehead atoms. The average Bonchev–Trinajstić information content (AvgIpc) is 2.28. The topological polar surface area (TPSA) is 65.5 Å². The zero-order valence-electron chi connectivity index (χ0n) is 8.82. The number of nitrogens with zero attached hydrogens (tertiary/aromatic N) is 1. The van der Waals surface area contributed by atoms with E-state index in [9.17, 15) is 9.59 Å². The number of ketones is 1. The Bertz CT molecular complexity index is 419. The summed E-state index contributed by atoms with van der Waals surface area (Å²) in [5.41, 5.74) is 0.0734. The van der Waals surface area contributed by atoms with E-state index in [2.05, 4.69) is 9.72 Å². The predicted molar refractivity (Wildman–Crippen MR) is 56.8 cm³/mol. The number of halogens is 1. The fourth-order valence-corrected chi connectivity index (χ4v) is 1.26. The van der Waals surface area contributed by atoms with Gasteiger partial charge in [-0.15, -0.1) is 0 Å². The normalized spacial score (nSPS) is 9.69. The number of ether oxygens (including phenoxy) is 2. The van der Waals surface area contributed by atoms with Gasteiger partial charge in [0.25, 0.3) is 5.78 Å². The molecule has 0 spiro atoms. The third-order valence-corrected chi connectivity index (χ3v) is 1.99. The van der Waals surface area contributed by atoms with E-state index in [-0.39, 0.29) is 23.1 Å². The molecule has 1 heterocycles. The van der Waals surface area contributed by atoms with Crippen molar-refractivity contribution >= 4 is 23.4 Å². The molecule has 0 aromatic carbocycles. The Morgan fingerprint density at radius 1 is 1.50 bits per heavy atom. The molecule has 0 aliphatic heterocycles. The van der Waals surface area contributed by atoms with Crippen molar-refractivity contribution in [3.05, 3.63) is 22.8 Å². The molecule has 1 rings (SSSR count). The third-order valence-electron chi connectivity index (χ3n) is 1.72. The van der Waals surface area contributed by atoms with Crippen LogP contribution in [0.3, 0.4) is 0 Å². The first-order valence-electron chi connectivity index (χ1n) is 4.51. The van der Waals surface area contributed by atoms with E-state index in [0.717, 1.165) is 0 Å². The van der Waals surface area contributed by atoms with Crippen molar-refractivity contribution in [2.45, 2.75) is 6.92 Å². The number of hydrogen-bond donors (Lipinski definition) is 0. The lowest BCUT2D eigenvalue weighted by molar-refractivity contribution is -0.137. The predicted octanol–water partition coefficient (Wildman–Crippen LogP) is 1.49. The summed E-state index contributed by atoms with van der Waals surface area (Å²) in [6.45, 7) is 1.76. The number of Topliss-reactive ketones (excluding diaryl/α,β-unsaturated/α-hetero) is 1. The van der Waals surface area contributed by atoms with Crippen molar-refractivity contribution in [3.63, 3.8) is 0 Å². The molecule has 0 saturated carbocycles. The van der Waals surface area contributed by atoms with Gasteiger partial charge in [0.15, 0.2) is 0 Å². The lowest BCUT2D eigenvalue weighted by Crippen LogP contribution is -2.17. The maximum absolute atomic E-state index is 11.5. The van der Waals surface area contributed by atoms with Gasteiger partial charge >= 0.3 is 5.97 Å². The number of esters is 1.